The Kier molecular flexibility index (Phi) is 25.1. The summed E-state index contributed by atoms with van der Waals surface area (Å²) >= 11 is 0. The van der Waals surface area contributed by atoms with Crippen LogP contribution in [0.15, 0.2) is 147 Å². The normalized spacial score (nSPS) is 18.1. The molecule has 0 aliphatic heterocycles. The molecule has 6 fully saturated rings. The Balaban J connectivity index is 0.000000127. The molecule has 0 aromatic carbocycles. The summed E-state index contributed by atoms with van der Waals surface area (Å²) in [6.45, 7) is 3.66. The number of ether oxygens (including phenoxy) is 5. The molecule has 6 aliphatic rings. The van der Waals surface area contributed by atoms with Gasteiger partial charge < -0.3 is 103 Å². The van der Waals surface area contributed by atoms with Gasteiger partial charge in [-0.1, -0.05) is 0 Å². The van der Waals surface area contributed by atoms with E-state index in [1.807, 2.05) is 26.0 Å². The van der Waals surface area contributed by atoms with E-state index in [1.54, 1.807) is 108 Å². The zero-order valence-electron chi connectivity index (χ0n) is 84.9. The van der Waals surface area contributed by atoms with Crippen molar-refractivity contribution in [3.8, 4) is 29.4 Å². The van der Waals surface area contributed by atoms with Crippen LogP contribution in [0.2, 0.25) is 0 Å². The summed E-state index contributed by atoms with van der Waals surface area (Å²) in [7, 11) is 0.604. The molecule has 0 saturated heterocycles. The lowest BCUT2D eigenvalue weighted by Gasteiger charge is -2.26. The summed E-state index contributed by atoms with van der Waals surface area (Å²) in [5.41, 5.74) is 4.85. The number of methoxy groups -OCH3 is 3. The van der Waals surface area contributed by atoms with Crippen LogP contribution in [-0.4, -0.2) is 245 Å². The van der Waals surface area contributed by atoms with Crippen molar-refractivity contribution in [3.05, 3.63) is 181 Å². The number of hydrogen-bond acceptors (Lipinski definition) is 35. The average molecular weight is 1930 g/mol. The van der Waals surface area contributed by atoms with Crippen molar-refractivity contribution < 1.29 is 77.6 Å². The van der Waals surface area contributed by atoms with E-state index < -0.39 is 81.3 Å². The van der Waals surface area contributed by atoms with Gasteiger partial charge in [0.05, 0.1) is 94.9 Å². The minimum absolute atomic E-state index is 0.0818. The molecule has 6 saturated carbocycles. The first-order chi connectivity index (χ1) is 71.4. The van der Waals surface area contributed by atoms with E-state index in [2.05, 4.69) is 155 Å². The highest BCUT2D eigenvalue weighted by molar-refractivity contribution is 6.04. The van der Waals surface area contributed by atoms with Crippen molar-refractivity contribution >= 4 is 144 Å². The molecule has 15 aromatic heterocycles. The number of pyridine rings is 5. The second-order valence-corrected chi connectivity index (χ2v) is 32.9. The molecule has 5 amide bonds. The molecule has 15 N–H and O–H groups in total. The van der Waals surface area contributed by atoms with Gasteiger partial charge in [0.15, 0.2) is 28.2 Å². The third-order valence-corrected chi connectivity index (χ3v) is 22.5. The Bertz CT molecular complexity index is 7290. The smallest absolute Gasteiger partial charge is 0.257 e. The molecule has 45 nitrogen and oxygen atoms in total. The van der Waals surface area contributed by atoms with Crippen molar-refractivity contribution in [1.29, 1.82) is 0 Å². The molecule has 15 aromatic rings. The van der Waals surface area contributed by atoms with Crippen molar-refractivity contribution in [2.45, 2.75) is 145 Å². The van der Waals surface area contributed by atoms with Crippen molar-refractivity contribution in [2.75, 3.05) is 110 Å². The van der Waals surface area contributed by atoms with E-state index in [9.17, 15) is 41.5 Å². The predicted molar refractivity (Wildman–Crippen MR) is 512 cm³/mol. The molecule has 0 bridgehead atoms. The van der Waals surface area contributed by atoms with Gasteiger partial charge in [-0.05, 0) is 114 Å². The second-order valence-electron chi connectivity index (χ2n) is 32.9. The quantitative estimate of drug-likeness (QED) is 0.0174. The second kappa shape index (κ2) is 42.0. The number of amides is 5. The zero-order valence-corrected chi connectivity index (χ0v) is 75.9. The molecule has 6 aliphatic carbocycles. The summed E-state index contributed by atoms with van der Waals surface area (Å²) in [6.07, 6.45) is 20.3. The van der Waals surface area contributed by atoms with Crippen LogP contribution >= 0.6 is 0 Å². The summed E-state index contributed by atoms with van der Waals surface area (Å²) in [5, 5.41) is 65.1. The molecular weight excluding hydrogens is 1820 g/mol. The number of carbonyl (C=O) groups is 5. The van der Waals surface area contributed by atoms with Gasteiger partial charge in [-0.3, -0.25) is 24.0 Å². The number of rotatable bonds is 32. The Labute approximate surface area is 808 Å². The van der Waals surface area contributed by atoms with Gasteiger partial charge in [-0.2, -0.15) is 48.1 Å². The zero-order chi connectivity index (χ0) is 105. The third kappa shape index (κ3) is 21.9. The maximum Gasteiger partial charge on any atom is 0.257 e. The largest absolute Gasteiger partial charge is 0.480 e. The van der Waals surface area contributed by atoms with E-state index in [1.165, 1.54) is 84.6 Å². The molecular formula is C91H101F4N35O10. The van der Waals surface area contributed by atoms with Gasteiger partial charge in [0, 0.05) is 128 Å². The number of aromatic nitrogens is 20. The number of nitrogens with zero attached hydrogens (tertiary/aromatic N) is 20. The highest BCUT2D eigenvalue weighted by atomic mass is 19.1. The minimum Gasteiger partial charge on any atom is -0.480 e. The summed E-state index contributed by atoms with van der Waals surface area (Å²) in [4.78, 5) is 105. The molecule has 49 heteroatoms. The average Bonchev–Trinajstić information content (AvgIpc) is 1.70. The molecule has 15 heterocycles. The monoisotopic (exact) mass is 1930 g/mol. The molecule has 6 atom stereocenters. The van der Waals surface area contributed by atoms with Crippen LogP contribution < -0.4 is 103 Å². The van der Waals surface area contributed by atoms with Crippen molar-refractivity contribution in [2.24, 2.45) is 0 Å². The highest BCUT2D eigenvalue weighted by Crippen LogP contribution is 2.38. The van der Waals surface area contributed by atoms with Gasteiger partial charge in [-0.25, -0.2) is 67.4 Å². The summed E-state index contributed by atoms with van der Waals surface area (Å²) in [5.74, 6) is 2.82. The number of nitrogens with one attached hydrogen (secondary N) is 15. The number of anilines is 15. The summed E-state index contributed by atoms with van der Waals surface area (Å²) < 4.78 is 153. The SMILES string of the molecule is CNc1cc(Nc2cc(F)cnc2OC(C)C)nc2c(C(=O)N[C@H]3C[C@H]3F)cnn12.CNc1cc(Nc2cccnc2OC2CCC2)nc2c(C(=O)N[C@H]3C[C@H]3F)cnn12.[2H]C([2H])([2H])Oc1ncccc1Nc1cc(NC)n2ncc(C(=O)NC3CC3)c2n1.[2H]C([2H])([2H])Oc1ncccc1Nc1cc(NC)n2ncc(C(=O)NC3CCC3)c2n1.[2H]C([2H])([2H])Oc1ncccc1Nc1cc(NC)n2ncc(C(=O)N[C@H]3C[C@H]3F)c2n1. The fraction of sp³-hybridized carbons (Fsp3) is 0.341. The lowest BCUT2D eigenvalue weighted by Crippen LogP contribution is -2.39. The lowest BCUT2D eigenvalue weighted by molar-refractivity contribution is 0.0913. The molecule has 21 rings (SSSR count). The number of alkyl halides is 3. The van der Waals surface area contributed by atoms with Crippen molar-refractivity contribution in [1.82, 2.24) is 124 Å². The van der Waals surface area contributed by atoms with Crippen molar-refractivity contribution in [3.63, 3.8) is 0 Å². The molecule has 0 unspecified atom stereocenters. The van der Waals surface area contributed by atoms with Crippen LogP contribution in [0.25, 0.3) is 28.2 Å². The number of carbonyl (C=O) groups excluding carboxylic acids is 5. The van der Waals surface area contributed by atoms with Crippen LogP contribution in [0.1, 0.15) is 149 Å². The highest BCUT2D eigenvalue weighted by Gasteiger charge is 2.42. The maximum absolute atomic E-state index is 13.8. The van der Waals surface area contributed by atoms with Gasteiger partial charge in [-0.15, -0.1) is 0 Å². The van der Waals surface area contributed by atoms with Crippen LogP contribution in [0.4, 0.5) is 104 Å². The van der Waals surface area contributed by atoms with E-state index in [0.29, 0.717) is 128 Å². The van der Waals surface area contributed by atoms with Crippen LogP contribution in [0.3, 0.4) is 0 Å². The number of halogens is 4. The first-order valence-corrected chi connectivity index (χ1v) is 44.4. The van der Waals surface area contributed by atoms with Gasteiger partial charge in [0.1, 0.15) is 145 Å². The molecule has 0 spiro atoms. The standard InChI is InChI=1S/C20H22FN7O2.C19H21F2N7O2.C18H21N7O2.C17H18FN7O2.C17H19N7O2/c1-22-17-9-16(25-14-6-3-7-23-20(14)30-11-4-2-5-11)27-18-12(10-24-28(17)18)19(29)26-15-8-13(15)21;1-9(2)30-19-14(4-10(20)7-23-19)25-15-6-16(22-3)28-17(27-15)11(8-24-28)18(29)26-13-5-12(13)21;1-19-15-9-14(23-13-7-4-8-20-18(13)27-2)24-16-12(10-21-25(15)16)17(26)22-11-5-3-6-11;1-19-14-7-13(22-11-4-3-5-20-17(11)27-2)24-15-9(8-21-25(14)15)16(26)23-12-6-10(12)18;1-18-14-8-13(22-12-4-3-7-19-17(12)26-2)23-15-11(9-20-24(14)15)16(25)21-10-5-6-10/h3,6-7,9-11,13,15,22H,2,4-5,8H2,1H3,(H,25,27)(H,26,29);4,6-9,12-13,22H,5H2,1-3H3,(H,25,27)(H,26,29);4,7-11,19H,3,5-6H2,1-2H3,(H,22,26)(H,23,24);3-5,7-8,10,12,19H,6H2,1-2H3,(H,22,24)(H,23,26);3-4,7-10,18H,5-6H2,1-2H3,(H,21,25)(H,22,23)/t13-,15+;12-,13+;;10-,12+;/m11.1./s1/i;;3*2D3. The Morgan fingerprint density at radius 2 is 0.657 bits per heavy atom. The maximum atomic E-state index is 13.8. The summed E-state index contributed by atoms with van der Waals surface area (Å²) in [6, 6.07) is 22.0. The fourth-order valence-electron chi connectivity index (χ4n) is 14.3. The Hall–Kier alpha value is -17.1. The van der Waals surface area contributed by atoms with Crippen LogP contribution in [0, 0.1) is 5.82 Å². The number of fused-ring (bicyclic) bond motifs is 5. The van der Waals surface area contributed by atoms with E-state index in [4.69, 9.17) is 36.0 Å². The Morgan fingerprint density at radius 3 is 0.921 bits per heavy atom. The Morgan fingerprint density at radius 1 is 0.371 bits per heavy atom. The molecule has 728 valence electrons. The first kappa shape index (κ1) is 83.5. The molecule has 140 heavy (non-hydrogen) atoms. The van der Waals surface area contributed by atoms with Gasteiger partial charge >= 0.3 is 0 Å². The van der Waals surface area contributed by atoms with E-state index in [-0.39, 0.29) is 99.0 Å². The predicted octanol–water partition coefficient (Wildman–Crippen LogP) is 11.1. The topological polar surface area (TPSA) is 527 Å². The number of hydrogen-bond donors (Lipinski definition) is 15. The lowest BCUT2D eigenvalue weighted by atomic mass is 9.93. The van der Waals surface area contributed by atoms with Crippen LogP contribution in [-0.2, 0) is 0 Å². The van der Waals surface area contributed by atoms with Gasteiger partial charge in [0.2, 0.25) is 29.4 Å². The third-order valence-electron chi connectivity index (χ3n) is 22.5. The van der Waals surface area contributed by atoms with Crippen LogP contribution in [0.5, 0.6) is 29.4 Å². The van der Waals surface area contributed by atoms with E-state index in [0.717, 1.165) is 51.1 Å². The van der Waals surface area contributed by atoms with Gasteiger partial charge in [0.25, 0.3) is 29.5 Å². The first-order valence-electron chi connectivity index (χ1n) is 48.9. The minimum atomic E-state index is -2.67. The van der Waals surface area contributed by atoms with E-state index >= 15 is 0 Å². The molecule has 0 radical (unpaired) electrons. The fourth-order valence-corrected chi connectivity index (χ4v) is 14.3.